The number of nitrogens with zero attached hydrogens (tertiary/aromatic N) is 2. The van der Waals surface area contributed by atoms with Crippen molar-refractivity contribution in [3.8, 4) is 11.3 Å². The smallest absolute Gasteiger partial charge is 0.116 e. The monoisotopic (exact) mass is 244 g/mol. The largest absolute Gasteiger partial charge is 0.243 e. The van der Waals surface area contributed by atoms with E-state index in [9.17, 15) is 0 Å². The van der Waals surface area contributed by atoms with Crippen molar-refractivity contribution in [2.24, 2.45) is 0 Å². The van der Waals surface area contributed by atoms with Gasteiger partial charge in [-0.25, -0.2) is 9.97 Å². The standard InChI is InChI=1S/C14H13ClN2/c15-13-8-16-9-17-14(13)12-7-2-1-6-11(12)10-4-3-5-10/h1-2,6-10H,3-5H2. The van der Waals surface area contributed by atoms with Crippen LogP contribution < -0.4 is 0 Å². The third kappa shape index (κ3) is 1.93. The molecule has 2 aromatic rings. The van der Waals surface area contributed by atoms with E-state index >= 15 is 0 Å². The number of benzene rings is 1. The Labute approximate surface area is 106 Å². The second-order valence-electron chi connectivity index (χ2n) is 4.43. The van der Waals surface area contributed by atoms with Crippen molar-refractivity contribution in [1.29, 1.82) is 0 Å². The van der Waals surface area contributed by atoms with Gasteiger partial charge < -0.3 is 0 Å². The zero-order valence-electron chi connectivity index (χ0n) is 9.44. The Hall–Kier alpha value is -1.41. The van der Waals surface area contributed by atoms with E-state index < -0.39 is 0 Å². The van der Waals surface area contributed by atoms with E-state index in [-0.39, 0.29) is 0 Å². The molecule has 0 atom stereocenters. The molecule has 0 unspecified atom stereocenters. The van der Waals surface area contributed by atoms with Gasteiger partial charge in [-0.3, -0.25) is 0 Å². The Morgan fingerprint density at radius 3 is 2.71 bits per heavy atom. The fraction of sp³-hybridized carbons (Fsp3) is 0.286. The van der Waals surface area contributed by atoms with Crippen LogP contribution in [0.25, 0.3) is 11.3 Å². The summed E-state index contributed by atoms with van der Waals surface area (Å²) < 4.78 is 0. The van der Waals surface area contributed by atoms with Gasteiger partial charge in [-0.15, -0.1) is 0 Å². The minimum Gasteiger partial charge on any atom is -0.243 e. The van der Waals surface area contributed by atoms with Gasteiger partial charge in [0.15, 0.2) is 0 Å². The van der Waals surface area contributed by atoms with Gasteiger partial charge in [-0.05, 0) is 24.3 Å². The lowest BCUT2D eigenvalue weighted by molar-refractivity contribution is 0.420. The molecule has 17 heavy (non-hydrogen) atoms. The van der Waals surface area contributed by atoms with Gasteiger partial charge in [0.2, 0.25) is 0 Å². The van der Waals surface area contributed by atoms with Crippen LogP contribution in [0.5, 0.6) is 0 Å². The number of hydrogen-bond acceptors (Lipinski definition) is 2. The molecule has 0 amide bonds. The van der Waals surface area contributed by atoms with Crippen molar-refractivity contribution < 1.29 is 0 Å². The molecule has 1 aliphatic carbocycles. The van der Waals surface area contributed by atoms with E-state index in [1.54, 1.807) is 12.5 Å². The number of halogens is 1. The summed E-state index contributed by atoms with van der Waals surface area (Å²) in [7, 11) is 0. The highest BCUT2D eigenvalue weighted by molar-refractivity contribution is 6.32. The highest BCUT2D eigenvalue weighted by atomic mass is 35.5. The first-order valence-electron chi connectivity index (χ1n) is 5.91. The van der Waals surface area contributed by atoms with E-state index in [2.05, 4.69) is 28.2 Å². The van der Waals surface area contributed by atoms with E-state index in [4.69, 9.17) is 11.6 Å². The predicted molar refractivity (Wildman–Crippen MR) is 69.1 cm³/mol. The molecule has 0 radical (unpaired) electrons. The van der Waals surface area contributed by atoms with E-state index in [1.165, 1.54) is 24.8 Å². The summed E-state index contributed by atoms with van der Waals surface area (Å²) in [5.74, 6) is 0.678. The Morgan fingerprint density at radius 1 is 1.18 bits per heavy atom. The molecule has 86 valence electrons. The van der Waals surface area contributed by atoms with Crippen LogP contribution in [0.15, 0.2) is 36.8 Å². The zero-order valence-corrected chi connectivity index (χ0v) is 10.2. The molecule has 0 aliphatic heterocycles. The Morgan fingerprint density at radius 2 is 2.00 bits per heavy atom. The summed E-state index contributed by atoms with van der Waals surface area (Å²) in [5, 5.41) is 0.624. The highest BCUT2D eigenvalue weighted by Gasteiger charge is 2.23. The summed E-state index contributed by atoms with van der Waals surface area (Å²) in [6.45, 7) is 0. The predicted octanol–water partition coefficient (Wildman–Crippen LogP) is 4.06. The van der Waals surface area contributed by atoms with Gasteiger partial charge in [-0.2, -0.15) is 0 Å². The first kappa shape index (κ1) is 10.7. The molecule has 3 heteroatoms. The maximum Gasteiger partial charge on any atom is 0.116 e. The minimum absolute atomic E-state index is 0.624. The first-order chi connectivity index (χ1) is 8.36. The molecule has 2 nitrogen and oxygen atoms in total. The molecule has 1 heterocycles. The maximum absolute atomic E-state index is 6.17. The highest BCUT2D eigenvalue weighted by Crippen LogP contribution is 2.41. The van der Waals surface area contributed by atoms with Gasteiger partial charge in [0.25, 0.3) is 0 Å². The molecule has 1 aliphatic rings. The average molecular weight is 245 g/mol. The van der Waals surface area contributed by atoms with E-state index in [1.807, 2.05) is 6.07 Å². The second-order valence-corrected chi connectivity index (χ2v) is 4.84. The fourth-order valence-corrected chi connectivity index (χ4v) is 2.51. The van der Waals surface area contributed by atoms with Crippen LogP contribution in [0.1, 0.15) is 30.7 Å². The second kappa shape index (κ2) is 4.46. The first-order valence-corrected chi connectivity index (χ1v) is 6.29. The van der Waals surface area contributed by atoms with Gasteiger partial charge in [-0.1, -0.05) is 42.3 Å². The maximum atomic E-state index is 6.17. The topological polar surface area (TPSA) is 25.8 Å². The Kier molecular flexibility index (Phi) is 2.81. The lowest BCUT2D eigenvalue weighted by Gasteiger charge is -2.27. The summed E-state index contributed by atoms with van der Waals surface area (Å²) >= 11 is 6.17. The van der Waals surface area contributed by atoms with Crippen molar-refractivity contribution in [2.75, 3.05) is 0 Å². The summed E-state index contributed by atoms with van der Waals surface area (Å²) in [5.41, 5.74) is 3.38. The van der Waals surface area contributed by atoms with Crippen LogP contribution >= 0.6 is 11.6 Å². The van der Waals surface area contributed by atoms with E-state index in [0.29, 0.717) is 10.9 Å². The van der Waals surface area contributed by atoms with Gasteiger partial charge in [0.05, 0.1) is 10.7 Å². The molecule has 1 aromatic carbocycles. The van der Waals surface area contributed by atoms with E-state index in [0.717, 1.165) is 11.3 Å². The Bertz CT molecular complexity index is 535. The molecule has 0 saturated heterocycles. The lowest BCUT2D eigenvalue weighted by Crippen LogP contribution is -2.10. The van der Waals surface area contributed by atoms with Crippen LogP contribution in [0, 0.1) is 0 Å². The fourth-order valence-electron chi connectivity index (χ4n) is 2.30. The quantitative estimate of drug-likeness (QED) is 0.796. The molecule has 1 fully saturated rings. The van der Waals surface area contributed by atoms with Crippen LogP contribution in [-0.4, -0.2) is 9.97 Å². The molecule has 0 bridgehead atoms. The van der Waals surface area contributed by atoms with Crippen LogP contribution in [0.3, 0.4) is 0 Å². The van der Waals surface area contributed by atoms with Crippen LogP contribution in [0.2, 0.25) is 5.02 Å². The summed E-state index contributed by atoms with van der Waals surface area (Å²) in [4.78, 5) is 8.24. The molecule has 3 rings (SSSR count). The molecule has 1 aromatic heterocycles. The SMILES string of the molecule is Clc1cncnc1-c1ccccc1C1CCC1. The van der Waals surface area contributed by atoms with Crippen molar-refractivity contribution in [3.05, 3.63) is 47.4 Å². The summed E-state index contributed by atoms with van der Waals surface area (Å²) in [6, 6.07) is 8.42. The van der Waals surface area contributed by atoms with Crippen molar-refractivity contribution >= 4 is 11.6 Å². The normalized spacial score (nSPS) is 15.6. The average Bonchev–Trinajstić information content (AvgIpc) is 2.29. The van der Waals surface area contributed by atoms with Gasteiger partial charge >= 0.3 is 0 Å². The lowest BCUT2D eigenvalue weighted by atomic mass is 9.78. The van der Waals surface area contributed by atoms with Crippen LogP contribution in [-0.2, 0) is 0 Å². The molecular formula is C14H13ClN2. The number of rotatable bonds is 2. The van der Waals surface area contributed by atoms with Crippen molar-refractivity contribution in [2.45, 2.75) is 25.2 Å². The Balaban J connectivity index is 2.11. The third-order valence-corrected chi connectivity index (χ3v) is 3.71. The van der Waals surface area contributed by atoms with Gasteiger partial charge in [0, 0.05) is 11.8 Å². The molecule has 0 spiro atoms. The number of hydrogen-bond donors (Lipinski definition) is 0. The minimum atomic E-state index is 0.624. The molecule has 0 N–H and O–H groups in total. The van der Waals surface area contributed by atoms with Crippen molar-refractivity contribution in [1.82, 2.24) is 9.97 Å². The molecular weight excluding hydrogens is 232 g/mol. The number of aromatic nitrogens is 2. The molecule has 1 saturated carbocycles. The van der Waals surface area contributed by atoms with Crippen LogP contribution in [0.4, 0.5) is 0 Å². The summed E-state index contributed by atoms with van der Waals surface area (Å²) in [6.07, 6.45) is 7.09. The van der Waals surface area contributed by atoms with Gasteiger partial charge in [0.1, 0.15) is 6.33 Å². The third-order valence-electron chi connectivity index (χ3n) is 3.43. The van der Waals surface area contributed by atoms with Crippen molar-refractivity contribution in [3.63, 3.8) is 0 Å². The zero-order chi connectivity index (χ0) is 11.7.